The minimum atomic E-state index is 0.510. The summed E-state index contributed by atoms with van der Waals surface area (Å²) in [4.78, 5) is 0. The van der Waals surface area contributed by atoms with Gasteiger partial charge in [-0.25, -0.2) is 0 Å². The Morgan fingerprint density at radius 2 is 2.06 bits per heavy atom. The summed E-state index contributed by atoms with van der Waals surface area (Å²) in [5.41, 5.74) is 0.510. The van der Waals surface area contributed by atoms with Gasteiger partial charge < -0.3 is 10.1 Å². The molecule has 0 heterocycles. The Bertz CT molecular complexity index is 203. The molecule has 0 aromatic carbocycles. The van der Waals surface area contributed by atoms with Gasteiger partial charge in [0.25, 0.3) is 0 Å². The van der Waals surface area contributed by atoms with Gasteiger partial charge in [0.2, 0.25) is 0 Å². The van der Waals surface area contributed by atoms with Crippen LogP contribution >= 0.6 is 0 Å². The smallest absolute Gasteiger partial charge is 0.0476 e. The van der Waals surface area contributed by atoms with Crippen molar-refractivity contribution >= 4 is 0 Å². The standard InChI is InChI=1S/C14H29NO/c1-11-8-13(10-14(3,4)9-11)15-12(2)6-7-16-5/h11-13,15H,6-10H2,1-5H3. The minimum absolute atomic E-state index is 0.510. The molecule has 0 aliphatic heterocycles. The Kier molecular flexibility index (Phi) is 5.26. The second kappa shape index (κ2) is 6.02. The van der Waals surface area contributed by atoms with Gasteiger partial charge in [-0.2, -0.15) is 0 Å². The molecule has 96 valence electrons. The molecule has 0 aromatic heterocycles. The zero-order chi connectivity index (χ0) is 12.2. The van der Waals surface area contributed by atoms with Crippen molar-refractivity contribution in [2.24, 2.45) is 11.3 Å². The second-order valence-corrected chi connectivity index (χ2v) is 6.46. The number of methoxy groups -OCH3 is 1. The lowest BCUT2D eigenvalue weighted by atomic mass is 9.70. The quantitative estimate of drug-likeness (QED) is 0.778. The van der Waals surface area contributed by atoms with Crippen molar-refractivity contribution in [3.05, 3.63) is 0 Å². The molecule has 2 heteroatoms. The topological polar surface area (TPSA) is 21.3 Å². The predicted octanol–water partition coefficient (Wildman–Crippen LogP) is 3.22. The molecule has 0 saturated heterocycles. The predicted molar refractivity (Wildman–Crippen MR) is 69.7 cm³/mol. The van der Waals surface area contributed by atoms with Crippen LogP contribution < -0.4 is 5.32 Å². The number of ether oxygens (including phenoxy) is 1. The van der Waals surface area contributed by atoms with Gasteiger partial charge in [0.05, 0.1) is 0 Å². The van der Waals surface area contributed by atoms with Gasteiger partial charge in [0.1, 0.15) is 0 Å². The van der Waals surface area contributed by atoms with Crippen LogP contribution in [0.3, 0.4) is 0 Å². The Hall–Kier alpha value is -0.0800. The molecule has 1 saturated carbocycles. The number of hydrogen-bond donors (Lipinski definition) is 1. The van der Waals surface area contributed by atoms with Gasteiger partial charge in [-0.05, 0) is 43.9 Å². The normalized spacial score (nSPS) is 31.3. The summed E-state index contributed by atoms with van der Waals surface area (Å²) < 4.78 is 5.12. The van der Waals surface area contributed by atoms with Crippen LogP contribution in [0, 0.1) is 11.3 Å². The van der Waals surface area contributed by atoms with Crippen molar-refractivity contribution in [3.8, 4) is 0 Å². The summed E-state index contributed by atoms with van der Waals surface area (Å²) >= 11 is 0. The van der Waals surface area contributed by atoms with Crippen LogP contribution in [-0.2, 0) is 4.74 Å². The van der Waals surface area contributed by atoms with E-state index in [0.717, 1.165) is 18.9 Å². The maximum atomic E-state index is 5.12. The monoisotopic (exact) mass is 227 g/mol. The lowest BCUT2D eigenvalue weighted by molar-refractivity contribution is 0.136. The SMILES string of the molecule is COCCC(C)NC1CC(C)CC(C)(C)C1. The van der Waals surface area contributed by atoms with Crippen LogP contribution in [-0.4, -0.2) is 25.8 Å². The van der Waals surface area contributed by atoms with Gasteiger partial charge in [-0.3, -0.25) is 0 Å². The third kappa shape index (κ3) is 4.84. The molecule has 1 aliphatic rings. The molecule has 2 nitrogen and oxygen atoms in total. The molecule has 0 radical (unpaired) electrons. The molecule has 3 atom stereocenters. The highest BCUT2D eigenvalue weighted by Gasteiger charge is 2.32. The Balaban J connectivity index is 2.35. The zero-order valence-corrected chi connectivity index (χ0v) is 11.7. The highest BCUT2D eigenvalue weighted by molar-refractivity contribution is 4.87. The van der Waals surface area contributed by atoms with E-state index < -0.39 is 0 Å². The summed E-state index contributed by atoms with van der Waals surface area (Å²) in [6.07, 6.45) is 5.13. The molecule has 0 amide bonds. The van der Waals surface area contributed by atoms with Crippen LogP contribution in [0.15, 0.2) is 0 Å². The van der Waals surface area contributed by atoms with Crippen molar-refractivity contribution in [2.75, 3.05) is 13.7 Å². The molecule has 0 spiro atoms. The van der Waals surface area contributed by atoms with E-state index in [2.05, 4.69) is 33.0 Å². The summed E-state index contributed by atoms with van der Waals surface area (Å²) in [7, 11) is 1.78. The van der Waals surface area contributed by atoms with Gasteiger partial charge >= 0.3 is 0 Å². The van der Waals surface area contributed by atoms with E-state index in [0.29, 0.717) is 17.5 Å². The van der Waals surface area contributed by atoms with E-state index in [4.69, 9.17) is 4.74 Å². The average Bonchev–Trinajstić information content (AvgIpc) is 2.11. The molecule has 3 unspecified atom stereocenters. The van der Waals surface area contributed by atoms with Crippen molar-refractivity contribution in [2.45, 2.75) is 65.5 Å². The molecule has 1 fully saturated rings. The molecule has 1 N–H and O–H groups in total. The first-order valence-corrected chi connectivity index (χ1v) is 6.68. The van der Waals surface area contributed by atoms with Crippen LogP contribution in [0.25, 0.3) is 0 Å². The van der Waals surface area contributed by atoms with Crippen molar-refractivity contribution in [3.63, 3.8) is 0 Å². The Morgan fingerprint density at radius 3 is 2.62 bits per heavy atom. The van der Waals surface area contributed by atoms with Gasteiger partial charge in [-0.15, -0.1) is 0 Å². The van der Waals surface area contributed by atoms with Gasteiger partial charge in [-0.1, -0.05) is 20.8 Å². The maximum Gasteiger partial charge on any atom is 0.0476 e. The van der Waals surface area contributed by atoms with E-state index in [1.165, 1.54) is 19.3 Å². The molecule has 1 aliphatic carbocycles. The molecule has 0 aromatic rings. The molecular weight excluding hydrogens is 198 g/mol. The zero-order valence-electron chi connectivity index (χ0n) is 11.7. The molecule has 16 heavy (non-hydrogen) atoms. The van der Waals surface area contributed by atoms with Gasteiger partial charge in [0, 0.05) is 25.8 Å². The van der Waals surface area contributed by atoms with Crippen LogP contribution in [0.1, 0.15) is 53.4 Å². The van der Waals surface area contributed by atoms with Crippen molar-refractivity contribution in [1.29, 1.82) is 0 Å². The van der Waals surface area contributed by atoms with E-state index in [1.807, 2.05) is 0 Å². The number of hydrogen-bond acceptors (Lipinski definition) is 2. The third-order valence-electron chi connectivity index (χ3n) is 3.66. The van der Waals surface area contributed by atoms with Crippen molar-refractivity contribution < 1.29 is 4.74 Å². The first-order valence-electron chi connectivity index (χ1n) is 6.68. The van der Waals surface area contributed by atoms with Crippen LogP contribution in [0.5, 0.6) is 0 Å². The summed E-state index contributed by atoms with van der Waals surface area (Å²) in [5, 5.41) is 3.76. The highest BCUT2D eigenvalue weighted by atomic mass is 16.5. The summed E-state index contributed by atoms with van der Waals surface area (Å²) in [5.74, 6) is 0.857. The average molecular weight is 227 g/mol. The lowest BCUT2D eigenvalue weighted by Gasteiger charge is -2.40. The van der Waals surface area contributed by atoms with E-state index >= 15 is 0 Å². The van der Waals surface area contributed by atoms with E-state index in [1.54, 1.807) is 7.11 Å². The fourth-order valence-electron chi connectivity index (χ4n) is 3.25. The summed E-state index contributed by atoms with van der Waals surface area (Å²) in [6, 6.07) is 1.27. The van der Waals surface area contributed by atoms with E-state index in [-0.39, 0.29) is 0 Å². The highest BCUT2D eigenvalue weighted by Crippen LogP contribution is 2.38. The largest absolute Gasteiger partial charge is 0.385 e. The second-order valence-electron chi connectivity index (χ2n) is 6.46. The van der Waals surface area contributed by atoms with Crippen LogP contribution in [0.2, 0.25) is 0 Å². The summed E-state index contributed by atoms with van der Waals surface area (Å²) in [6.45, 7) is 10.3. The maximum absolute atomic E-state index is 5.12. The van der Waals surface area contributed by atoms with Gasteiger partial charge in [0.15, 0.2) is 0 Å². The lowest BCUT2D eigenvalue weighted by Crippen LogP contribution is -2.44. The number of nitrogens with one attached hydrogen (secondary N) is 1. The molecular formula is C14H29NO. The Morgan fingerprint density at radius 1 is 1.38 bits per heavy atom. The fourth-order valence-corrected chi connectivity index (χ4v) is 3.25. The molecule has 0 bridgehead atoms. The minimum Gasteiger partial charge on any atom is -0.385 e. The number of rotatable bonds is 5. The van der Waals surface area contributed by atoms with E-state index in [9.17, 15) is 0 Å². The first kappa shape index (κ1) is 14.0. The molecule has 1 rings (SSSR count). The third-order valence-corrected chi connectivity index (χ3v) is 3.66. The first-order chi connectivity index (χ1) is 7.43. The van der Waals surface area contributed by atoms with Crippen LogP contribution in [0.4, 0.5) is 0 Å². The van der Waals surface area contributed by atoms with Crippen molar-refractivity contribution in [1.82, 2.24) is 5.32 Å². The fraction of sp³-hybridized carbons (Fsp3) is 1.00. The Labute approximate surface area is 101 Å².